The minimum atomic E-state index is 0.549. The van der Waals surface area contributed by atoms with Gasteiger partial charge in [0.15, 0.2) is 0 Å². The Morgan fingerprint density at radius 1 is 1.50 bits per heavy atom. The summed E-state index contributed by atoms with van der Waals surface area (Å²) in [6.07, 6.45) is 5.71. The van der Waals surface area contributed by atoms with E-state index in [1.54, 1.807) is 6.20 Å². The Bertz CT molecular complexity index is 403. The van der Waals surface area contributed by atoms with Gasteiger partial charge in [-0.3, -0.25) is 0 Å². The second-order valence-electron chi connectivity index (χ2n) is 2.84. The summed E-state index contributed by atoms with van der Waals surface area (Å²) in [5.74, 6) is 0. The van der Waals surface area contributed by atoms with E-state index in [4.69, 9.17) is 5.73 Å². The number of rotatable bonds is 1. The lowest BCUT2D eigenvalue weighted by atomic mass is 10.1. The zero-order valence-corrected chi connectivity index (χ0v) is 6.99. The van der Waals surface area contributed by atoms with Gasteiger partial charge in [-0.2, -0.15) is 0 Å². The minimum absolute atomic E-state index is 0.549. The first-order valence-corrected chi connectivity index (χ1v) is 3.94. The van der Waals surface area contributed by atoms with Gasteiger partial charge in [0.2, 0.25) is 0 Å². The van der Waals surface area contributed by atoms with Crippen LogP contribution in [0.25, 0.3) is 5.65 Å². The van der Waals surface area contributed by atoms with Crippen LogP contribution < -0.4 is 5.73 Å². The van der Waals surface area contributed by atoms with Crippen molar-refractivity contribution in [2.24, 2.45) is 5.73 Å². The Kier molecular flexibility index (Phi) is 1.59. The molecule has 12 heavy (non-hydrogen) atoms. The highest BCUT2D eigenvalue weighted by atomic mass is 15.0. The van der Waals surface area contributed by atoms with Crippen molar-refractivity contribution in [3.05, 3.63) is 35.8 Å². The van der Waals surface area contributed by atoms with Gasteiger partial charge in [0, 0.05) is 30.7 Å². The number of aryl methyl sites for hydroxylation is 1. The third-order valence-corrected chi connectivity index (χ3v) is 2.10. The second kappa shape index (κ2) is 2.60. The van der Waals surface area contributed by atoms with Crippen LogP contribution in [0.4, 0.5) is 0 Å². The highest BCUT2D eigenvalue weighted by Gasteiger charge is 2.02. The quantitative estimate of drug-likeness (QED) is 0.680. The lowest BCUT2D eigenvalue weighted by molar-refractivity contribution is 1.02. The maximum absolute atomic E-state index is 5.62. The van der Waals surface area contributed by atoms with Crippen LogP contribution in [0.15, 0.2) is 24.7 Å². The van der Waals surface area contributed by atoms with Gasteiger partial charge < -0.3 is 10.1 Å². The first-order chi connectivity index (χ1) is 5.83. The van der Waals surface area contributed by atoms with Crippen molar-refractivity contribution < 1.29 is 0 Å². The fraction of sp³-hybridized carbons (Fsp3) is 0.222. The molecule has 0 aliphatic heterocycles. The molecule has 2 aromatic rings. The zero-order valence-electron chi connectivity index (χ0n) is 6.99. The summed E-state index contributed by atoms with van der Waals surface area (Å²) in [7, 11) is 0. The van der Waals surface area contributed by atoms with E-state index in [0.29, 0.717) is 6.54 Å². The van der Waals surface area contributed by atoms with E-state index in [1.165, 1.54) is 5.56 Å². The van der Waals surface area contributed by atoms with Gasteiger partial charge in [0.25, 0.3) is 0 Å². The maximum Gasteiger partial charge on any atom is 0.141 e. The minimum Gasteiger partial charge on any atom is -0.326 e. The molecule has 2 N–H and O–H groups in total. The summed E-state index contributed by atoms with van der Waals surface area (Å²) in [5.41, 5.74) is 8.92. The number of nitrogens with zero attached hydrogens (tertiary/aromatic N) is 2. The molecule has 0 unspecified atom stereocenters. The Hall–Kier alpha value is -1.35. The molecule has 0 saturated heterocycles. The molecule has 3 nitrogen and oxygen atoms in total. The maximum atomic E-state index is 5.62. The second-order valence-corrected chi connectivity index (χ2v) is 2.84. The van der Waals surface area contributed by atoms with E-state index in [1.807, 2.05) is 16.8 Å². The summed E-state index contributed by atoms with van der Waals surface area (Å²) >= 11 is 0. The molecule has 62 valence electrons. The van der Waals surface area contributed by atoms with Crippen molar-refractivity contribution in [2.75, 3.05) is 0 Å². The fourth-order valence-corrected chi connectivity index (χ4v) is 1.39. The lowest BCUT2D eigenvalue weighted by Gasteiger charge is -2.03. The lowest BCUT2D eigenvalue weighted by Crippen LogP contribution is -2.02. The molecule has 0 saturated carbocycles. The molecular weight excluding hydrogens is 150 g/mol. The van der Waals surface area contributed by atoms with Crippen molar-refractivity contribution in [2.45, 2.75) is 13.5 Å². The number of imidazole rings is 1. The van der Waals surface area contributed by atoms with Crippen LogP contribution >= 0.6 is 0 Å². The van der Waals surface area contributed by atoms with E-state index < -0.39 is 0 Å². The molecule has 0 spiro atoms. The van der Waals surface area contributed by atoms with Gasteiger partial charge >= 0.3 is 0 Å². The van der Waals surface area contributed by atoms with Gasteiger partial charge in [-0.15, -0.1) is 0 Å². The number of nitrogens with two attached hydrogens (primary N) is 1. The summed E-state index contributed by atoms with van der Waals surface area (Å²) in [4.78, 5) is 4.23. The van der Waals surface area contributed by atoms with Crippen molar-refractivity contribution >= 4 is 5.65 Å². The van der Waals surface area contributed by atoms with Crippen LogP contribution in [-0.2, 0) is 6.54 Å². The van der Waals surface area contributed by atoms with Gasteiger partial charge in [-0.25, -0.2) is 4.98 Å². The predicted octanol–water partition coefficient (Wildman–Crippen LogP) is 1.10. The highest BCUT2D eigenvalue weighted by Crippen LogP contribution is 2.12. The SMILES string of the molecule is Cc1ccn2ccnc2c1CN. The van der Waals surface area contributed by atoms with Gasteiger partial charge in [-0.1, -0.05) is 0 Å². The number of hydrogen-bond donors (Lipinski definition) is 1. The largest absolute Gasteiger partial charge is 0.326 e. The predicted molar refractivity (Wildman–Crippen MR) is 47.8 cm³/mol. The average molecular weight is 161 g/mol. The van der Waals surface area contributed by atoms with Crippen LogP contribution in [0.3, 0.4) is 0 Å². The summed E-state index contributed by atoms with van der Waals surface area (Å²) in [5, 5.41) is 0. The van der Waals surface area contributed by atoms with E-state index in [0.717, 1.165) is 11.2 Å². The first-order valence-electron chi connectivity index (χ1n) is 3.94. The Morgan fingerprint density at radius 3 is 3.08 bits per heavy atom. The van der Waals surface area contributed by atoms with Crippen LogP contribution in [0, 0.1) is 6.92 Å². The third kappa shape index (κ3) is 0.905. The molecule has 0 bridgehead atoms. The van der Waals surface area contributed by atoms with E-state index in [-0.39, 0.29) is 0 Å². The molecule has 2 rings (SSSR count). The normalized spacial score (nSPS) is 10.8. The molecule has 0 aliphatic rings. The zero-order chi connectivity index (χ0) is 8.55. The van der Waals surface area contributed by atoms with E-state index >= 15 is 0 Å². The molecule has 0 amide bonds. The first kappa shape index (κ1) is 7.31. The molecule has 0 fully saturated rings. The molecule has 2 heterocycles. The Balaban J connectivity index is 2.83. The van der Waals surface area contributed by atoms with Crippen molar-refractivity contribution in [1.82, 2.24) is 9.38 Å². The summed E-state index contributed by atoms with van der Waals surface area (Å²) in [6, 6.07) is 2.05. The van der Waals surface area contributed by atoms with Gasteiger partial charge in [0.1, 0.15) is 5.65 Å². The van der Waals surface area contributed by atoms with Crippen LogP contribution in [0.2, 0.25) is 0 Å². The highest BCUT2D eigenvalue weighted by molar-refractivity contribution is 5.51. The standard InChI is InChI=1S/C9H11N3/c1-7-2-4-12-5-3-11-9(12)8(7)6-10/h2-5H,6,10H2,1H3. The monoisotopic (exact) mass is 161 g/mol. The molecule has 3 heteroatoms. The van der Waals surface area contributed by atoms with Crippen molar-refractivity contribution in [1.29, 1.82) is 0 Å². The van der Waals surface area contributed by atoms with E-state index in [9.17, 15) is 0 Å². The van der Waals surface area contributed by atoms with Crippen molar-refractivity contribution in [3.63, 3.8) is 0 Å². The Morgan fingerprint density at radius 2 is 2.33 bits per heavy atom. The summed E-state index contributed by atoms with van der Waals surface area (Å²) in [6.45, 7) is 2.60. The number of pyridine rings is 1. The topological polar surface area (TPSA) is 43.3 Å². The molecule has 0 radical (unpaired) electrons. The van der Waals surface area contributed by atoms with Crippen LogP contribution in [0.5, 0.6) is 0 Å². The molecule has 0 atom stereocenters. The van der Waals surface area contributed by atoms with E-state index in [2.05, 4.69) is 18.0 Å². The number of fused-ring (bicyclic) bond motifs is 1. The molecule has 0 aliphatic carbocycles. The molecular formula is C9H11N3. The number of hydrogen-bond acceptors (Lipinski definition) is 2. The average Bonchev–Trinajstić information content (AvgIpc) is 2.52. The van der Waals surface area contributed by atoms with Crippen LogP contribution in [-0.4, -0.2) is 9.38 Å². The van der Waals surface area contributed by atoms with Gasteiger partial charge in [0.05, 0.1) is 0 Å². The summed E-state index contributed by atoms with van der Waals surface area (Å²) < 4.78 is 1.98. The smallest absolute Gasteiger partial charge is 0.141 e. The third-order valence-electron chi connectivity index (χ3n) is 2.10. The molecule has 2 aromatic heterocycles. The molecule has 0 aromatic carbocycles. The Labute approximate surface area is 70.8 Å². The number of aromatic nitrogens is 2. The van der Waals surface area contributed by atoms with Crippen LogP contribution in [0.1, 0.15) is 11.1 Å². The van der Waals surface area contributed by atoms with Crippen molar-refractivity contribution in [3.8, 4) is 0 Å². The van der Waals surface area contributed by atoms with Gasteiger partial charge in [-0.05, 0) is 18.6 Å². The fourth-order valence-electron chi connectivity index (χ4n) is 1.39.